The highest BCUT2D eigenvalue weighted by Gasteiger charge is 2.72. The molecule has 0 aromatic heterocycles. The topological polar surface area (TPSA) is 60.2 Å². The Morgan fingerprint density at radius 3 is 1.60 bits per heavy atom. The number of quaternary nitrogens is 1. The van der Waals surface area contributed by atoms with Crippen molar-refractivity contribution in [1.29, 1.82) is 0 Å². The first-order valence-corrected chi connectivity index (χ1v) is 5.15. The molecule has 0 aromatic rings. The lowest BCUT2D eigenvalue weighted by Crippen LogP contribution is -2.54. The van der Waals surface area contributed by atoms with Gasteiger partial charge in [0.2, 0.25) is 0 Å². The van der Waals surface area contributed by atoms with Crippen LogP contribution in [0.2, 0.25) is 0 Å². The van der Waals surface area contributed by atoms with Gasteiger partial charge in [0.1, 0.15) is 0 Å². The fraction of sp³-hybridized carbons (Fsp3) is 0.818. The summed E-state index contributed by atoms with van der Waals surface area (Å²) < 4.78 is -0.364. The Balaban J connectivity index is 2.96. The van der Waals surface area contributed by atoms with Crippen LogP contribution in [0.3, 0.4) is 0 Å². The van der Waals surface area contributed by atoms with E-state index in [1.807, 2.05) is 0 Å². The van der Waals surface area contributed by atoms with E-state index in [-0.39, 0.29) is 27.1 Å². The molecule has 1 saturated carbocycles. The average molecular weight is 213 g/mol. The summed E-state index contributed by atoms with van der Waals surface area (Å²) in [6, 6.07) is -0.599. The van der Waals surface area contributed by atoms with E-state index in [2.05, 4.69) is 27.7 Å². The van der Waals surface area contributed by atoms with Crippen LogP contribution in [-0.2, 0) is 4.79 Å². The monoisotopic (exact) mass is 213 g/mol. The first-order valence-electron chi connectivity index (χ1n) is 5.15. The lowest BCUT2D eigenvalue weighted by molar-refractivity contribution is -0.729. The van der Waals surface area contributed by atoms with Crippen LogP contribution in [0.4, 0.5) is 4.79 Å². The van der Waals surface area contributed by atoms with Gasteiger partial charge < -0.3 is 5.73 Å². The van der Waals surface area contributed by atoms with Gasteiger partial charge in [0.15, 0.2) is 0 Å². The van der Waals surface area contributed by atoms with Crippen LogP contribution in [0.1, 0.15) is 27.7 Å². The summed E-state index contributed by atoms with van der Waals surface area (Å²) in [5.74, 6) is -0.176. The summed E-state index contributed by atoms with van der Waals surface area (Å²) in [5, 5.41) is 0. The van der Waals surface area contributed by atoms with E-state index in [0.717, 1.165) is 0 Å². The molecule has 2 N–H and O–H groups in total. The van der Waals surface area contributed by atoms with Gasteiger partial charge in [-0.25, -0.2) is 9.59 Å². The Kier molecular flexibility index (Phi) is 2.28. The molecule has 0 aliphatic heterocycles. The zero-order chi connectivity index (χ0) is 12.2. The third-order valence-corrected chi connectivity index (χ3v) is 4.37. The molecule has 3 amide bonds. The predicted octanol–water partition coefficient (Wildman–Crippen LogP) is 1.35. The summed E-state index contributed by atoms with van der Waals surface area (Å²) in [7, 11) is 3.10. The molecule has 86 valence electrons. The third kappa shape index (κ3) is 1.39. The van der Waals surface area contributed by atoms with E-state index < -0.39 is 6.03 Å². The number of amides is 3. The number of nitrogens with two attached hydrogens (primary N) is 1. The molecular formula is C11H21N2O2+. The van der Waals surface area contributed by atoms with Crippen LogP contribution in [0.15, 0.2) is 0 Å². The zero-order valence-corrected chi connectivity index (χ0v) is 10.4. The highest BCUT2D eigenvalue weighted by molar-refractivity contribution is 5.87. The fourth-order valence-corrected chi connectivity index (χ4v) is 2.25. The van der Waals surface area contributed by atoms with Crippen molar-refractivity contribution in [3.63, 3.8) is 0 Å². The quantitative estimate of drug-likeness (QED) is 0.668. The van der Waals surface area contributed by atoms with Crippen molar-refractivity contribution >= 4 is 11.9 Å². The Bertz CT molecular complexity index is 315. The molecule has 1 rings (SSSR count). The minimum Gasteiger partial charge on any atom is -0.319 e. The molecular weight excluding hydrogens is 192 g/mol. The summed E-state index contributed by atoms with van der Waals surface area (Å²) in [6.07, 6.45) is 0. The maximum atomic E-state index is 12.2. The van der Waals surface area contributed by atoms with E-state index in [0.29, 0.717) is 0 Å². The molecule has 4 heteroatoms. The number of carbonyl (C=O) groups is 2. The molecule has 1 fully saturated rings. The number of imide groups is 1. The maximum absolute atomic E-state index is 12.2. The molecule has 0 unspecified atom stereocenters. The molecule has 0 saturated heterocycles. The first kappa shape index (κ1) is 12.2. The van der Waals surface area contributed by atoms with Crippen molar-refractivity contribution in [3.05, 3.63) is 0 Å². The van der Waals surface area contributed by atoms with E-state index in [1.54, 1.807) is 14.1 Å². The molecule has 0 spiro atoms. The summed E-state index contributed by atoms with van der Waals surface area (Å²) >= 11 is 0. The van der Waals surface area contributed by atoms with Crippen LogP contribution >= 0.6 is 0 Å². The molecule has 0 aromatic carbocycles. The van der Waals surface area contributed by atoms with Gasteiger partial charge in [0.25, 0.3) is 0 Å². The van der Waals surface area contributed by atoms with E-state index in [9.17, 15) is 9.59 Å². The minimum absolute atomic E-state index is 0.0466. The Morgan fingerprint density at radius 1 is 1.07 bits per heavy atom. The number of nitrogens with zero attached hydrogens (tertiary/aromatic N) is 1. The largest absolute Gasteiger partial charge is 0.421 e. The third-order valence-electron chi connectivity index (χ3n) is 4.37. The molecule has 1 aliphatic rings. The van der Waals surface area contributed by atoms with Gasteiger partial charge in [-0.2, -0.15) is 4.48 Å². The number of hydrogen-bond donors (Lipinski definition) is 1. The van der Waals surface area contributed by atoms with Crippen LogP contribution < -0.4 is 5.73 Å². The maximum Gasteiger partial charge on any atom is 0.421 e. The van der Waals surface area contributed by atoms with Crippen LogP contribution in [0.5, 0.6) is 0 Å². The average Bonchev–Trinajstić information content (AvgIpc) is 2.41. The Hall–Kier alpha value is -0.900. The van der Waals surface area contributed by atoms with Crippen LogP contribution in [0, 0.1) is 16.7 Å². The van der Waals surface area contributed by atoms with Crippen molar-refractivity contribution < 1.29 is 14.1 Å². The van der Waals surface area contributed by atoms with Crippen LogP contribution in [0.25, 0.3) is 0 Å². The summed E-state index contributed by atoms with van der Waals surface area (Å²) in [5.41, 5.74) is 5.13. The van der Waals surface area contributed by atoms with Crippen molar-refractivity contribution in [2.75, 3.05) is 14.1 Å². The number of rotatable bonds is 1. The second-order valence-corrected chi connectivity index (χ2v) is 6.01. The molecule has 0 radical (unpaired) electrons. The molecule has 4 nitrogen and oxygen atoms in total. The number of carbonyl (C=O) groups excluding carboxylic acids is 2. The van der Waals surface area contributed by atoms with Gasteiger partial charge in [-0.05, 0) is 10.8 Å². The number of primary amides is 1. The summed E-state index contributed by atoms with van der Waals surface area (Å²) in [4.78, 5) is 23.4. The van der Waals surface area contributed by atoms with Crippen molar-refractivity contribution in [1.82, 2.24) is 0 Å². The predicted molar refractivity (Wildman–Crippen MR) is 57.8 cm³/mol. The number of urea groups is 1. The second kappa shape index (κ2) is 2.82. The van der Waals surface area contributed by atoms with E-state index >= 15 is 0 Å². The molecule has 1 aliphatic carbocycles. The fourth-order valence-electron chi connectivity index (χ4n) is 2.25. The lowest BCUT2D eigenvalue weighted by atomic mass is 10.0. The Morgan fingerprint density at radius 2 is 1.40 bits per heavy atom. The first-order chi connectivity index (χ1) is 6.47. The lowest BCUT2D eigenvalue weighted by Gasteiger charge is -2.22. The highest BCUT2D eigenvalue weighted by atomic mass is 16.2. The standard InChI is InChI=1S/C11H20N2O2/c1-10(2)7(11(10,3)4)8(14)13(5,6)9(12)15/h7H,1-6H3,(H-,12,15)/p+1. The molecule has 15 heavy (non-hydrogen) atoms. The van der Waals surface area contributed by atoms with Crippen molar-refractivity contribution in [3.8, 4) is 0 Å². The minimum atomic E-state index is -0.599. The van der Waals surface area contributed by atoms with Crippen LogP contribution in [-0.4, -0.2) is 30.5 Å². The van der Waals surface area contributed by atoms with Gasteiger partial charge in [-0.3, -0.25) is 0 Å². The SMILES string of the molecule is CC1(C)C(C(=O)[N+](C)(C)C(N)=O)C1(C)C. The second-order valence-electron chi connectivity index (χ2n) is 6.01. The van der Waals surface area contributed by atoms with E-state index in [4.69, 9.17) is 5.73 Å². The normalized spacial score (nSPS) is 23.6. The van der Waals surface area contributed by atoms with Gasteiger partial charge in [-0.15, -0.1) is 0 Å². The zero-order valence-electron chi connectivity index (χ0n) is 10.4. The van der Waals surface area contributed by atoms with Gasteiger partial charge in [0.05, 0.1) is 20.0 Å². The smallest absolute Gasteiger partial charge is 0.319 e. The molecule has 0 bridgehead atoms. The highest BCUT2D eigenvalue weighted by Crippen LogP contribution is 2.69. The summed E-state index contributed by atoms with van der Waals surface area (Å²) in [6.45, 7) is 8.21. The van der Waals surface area contributed by atoms with Gasteiger partial charge >= 0.3 is 11.9 Å². The van der Waals surface area contributed by atoms with Gasteiger partial charge in [0, 0.05) is 0 Å². The molecule has 0 atom stereocenters. The van der Waals surface area contributed by atoms with Crippen molar-refractivity contribution in [2.45, 2.75) is 27.7 Å². The number of hydrogen-bond acceptors (Lipinski definition) is 2. The van der Waals surface area contributed by atoms with Crippen molar-refractivity contribution in [2.24, 2.45) is 22.5 Å². The van der Waals surface area contributed by atoms with Gasteiger partial charge in [-0.1, -0.05) is 27.7 Å². The van der Waals surface area contributed by atoms with E-state index in [1.165, 1.54) is 0 Å². The molecule has 0 heterocycles. The Labute approximate surface area is 91.0 Å².